The summed E-state index contributed by atoms with van der Waals surface area (Å²) >= 11 is 0. The van der Waals surface area contributed by atoms with E-state index in [1.807, 2.05) is 25.1 Å². The monoisotopic (exact) mass is 418 g/mol. The Morgan fingerprint density at radius 2 is 1.45 bits per heavy atom. The molecular formula is C29H38O2. The van der Waals surface area contributed by atoms with Crippen LogP contribution >= 0.6 is 0 Å². The molecule has 0 aromatic heterocycles. The summed E-state index contributed by atoms with van der Waals surface area (Å²) in [6, 6.07) is 14.4. The van der Waals surface area contributed by atoms with Crippen molar-refractivity contribution in [3.8, 4) is 11.5 Å². The molecule has 0 fully saturated rings. The predicted molar refractivity (Wildman–Crippen MR) is 132 cm³/mol. The molecule has 0 aliphatic heterocycles. The van der Waals surface area contributed by atoms with Crippen molar-refractivity contribution in [2.45, 2.75) is 73.6 Å². The number of phenols is 2. The smallest absolute Gasteiger partial charge is 0.127 e. The molecule has 3 aromatic carbocycles. The van der Waals surface area contributed by atoms with E-state index in [0.29, 0.717) is 17.4 Å². The van der Waals surface area contributed by atoms with Gasteiger partial charge in [0.25, 0.3) is 0 Å². The van der Waals surface area contributed by atoms with E-state index in [1.165, 1.54) is 5.56 Å². The van der Waals surface area contributed by atoms with E-state index >= 15 is 0 Å². The van der Waals surface area contributed by atoms with Gasteiger partial charge in [-0.3, -0.25) is 0 Å². The Balaban J connectivity index is 2.22. The van der Waals surface area contributed by atoms with Crippen LogP contribution in [0.15, 0.2) is 42.5 Å². The number of phenolic OH excluding ortho intramolecular Hbond substituents is 2. The first-order valence-electron chi connectivity index (χ1n) is 11.6. The molecule has 2 unspecified atom stereocenters. The maximum absolute atomic E-state index is 11.4. The van der Waals surface area contributed by atoms with Gasteiger partial charge in [0.15, 0.2) is 0 Å². The van der Waals surface area contributed by atoms with Gasteiger partial charge < -0.3 is 10.2 Å². The second kappa shape index (κ2) is 8.94. The summed E-state index contributed by atoms with van der Waals surface area (Å²) in [5.74, 6) is 1.08. The Bertz CT molecular complexity index is 1070. The first kappa shape index (κ1) is 23.2. The highest BCUT2D eigenvalue weighted by molar-refractivity contribution is 5.92. The van der Waals surface area contributed by atoms with Crippen LogP contribution in [0.4, 0.5) is 0 Å². The van der Waals surface area contributed by atoms with Crippen LogP contribution in [0.1, 0.15) is 81.2 Å². The molecule has 0 aliphatic carbocycles. The Labute approximate surface area is 188 Å². The van der Waals surface area contributed by atoms with Crippen molar-refractivity contribution in [1.82, 2.24) is 0 Å². The Hall–Kier alpha value is -2.48. The van der Waals surface area contributed by atoms with E-state index in [2.05, 4.69) is 65.8 Å². The van der Waals surface area contributed by atoms with E-state index in [0.717, 1.165) is 52.3 Å². The summed E-state index contributed by atoms with van der Waals surface area (Å²) in [4.78, 5) is 0. The van der Waals surface area contributed by atoms with Gasteiger partial charge in [0, 0.05) is 22.4 Å². The Morgan fingerprint density at radius 1 is 0.839 bits per heavy atom. The van der Waals surface area contributed by atoms with E-state index in [4.69, 9.17) is 0 Å². The minimum Gasteiger partial charge on any atom is -0.507 e. The van der Waals surface area contributed by atoms with Crippen molar-refractivity contribution in [3.05, 3.63) is 70.3 Å². The molecule has 3 rings (SSSR count). The lowest BCUT2D eigenvalue weighted by atomic mass is 9.76. The molecule has 2 nitrogen and oxygen atoms in total. The normalized spacial score (nSPS) is 14.0. The van der Waals surface area contributed by atoms with Gasteiger partial charge in [-0.25, -0.2) is 0 Å². The minimum atomic E-state index is -0.0640. The molecule has 2 N–H and O–H groups in total. The molecule has 0 aliphatic rings. The second-order valence-corrected chi connectivity index (χ2v) is 10.5. The number of aromatic hydroxyl groups is 2. The lowest BCUT2D eigenvalue weighted by Gasteiger charge is -2.29. The summed E-state index contributed by atoms with van der Waals surface area (Å²) in [5, 5.41) is 24.4. The van der Waals surface area contributed by atoms with Crippen LogP contribution in [-0.2, 0) is 6.42 Å². The topological polar surface area (TPSA) is 40.5 Å². The zero-order valence-corrected chi connectivity index (χ0v) is 20.2. The van der Waals surface area contributed by atoms with Gasteiger partial charge in [0.2, 0.25) is 0 Å². The number of fused-ring (bicyclic) bond motifs is 1. The summed E-state index contributed by atoms with van der Waals surface area (Å²) < 4.78 is 0. The highest BCUT2D eigenvalue weighted by atomic mass is 16.3. The van der Waals surface area contributed by atoms with E-state index < -0.39 is 0 Å². The van der Waals surface area contributed by atoms with E-state index in [-0.39, 0.29) is 11.3 Å². The van der Waals surface area contributed by atoms with Crippen molar-refractivity contribution in [2.24, 2.45) is 11.3 Å². The standard InChI is InChI=1S/C29H38O2/c1-8-21-14-20(4)27(30)26(16-21)24(13-18(2)17-29(5,6)7)25-15-19(3)22-11-9-10-12-23(22)28(25)31/h9-12,14-16,18,24,30-31H,8,13,17H2,1-7H3. The van der Waals surface area contributed by atoms with Gasteiger partial charge in [-0.05, 0) is 66.5 Å². The lowest BCUT2D eigenvalue weighted by Crippen LogP contribution is -2.15. The molecule has 0 radical (unpaired) electrons. The van der Waals surface area contributed by atoms with Crippen LogP contribution in [0.2, 0.25) is 0 Å². The van der Waals surface area contributed by atoms with E-state index in [1.54, 1.807) is 0 Å². The molecule has 0 saturated heterocycles. The van der Waals surface area contributed by atoms with Gasteiger partial charge >= 0.3 is 0 Å². The molecule has 2 heteroatoms. The van der Waals surface area contributed by atoms with Crippen molar-refractivity contribution in [3.63, 3.8) is 0 Å². The molecule has 0 spiro atoms. The summed E-state index contributed by atoms with van der Waals surface area (Å²) in [7, 11) is 0. The SMILES string of the molecule is CCc1cc(C)c(O)c(C(CC(C)CC(C)(C)C)c2cc(C)c3ccccc3c2O)c1. The molecule has 3 aromatic rings. The van der Waals surface area contributed by atoms with Crippen LogP contribution in [0.25, 0.3) is 10.8 Å². The van der Waals surface area contributed by atoms with Crippen LogP contribution in [0, 0.1) is 25.2 Å². The molecule has 31 heavy (non-hydrogen) atoms. The van der Waals surface area contributed by atoms with Gasteiger partial charge in [-0.15, -0.1) is 0 Å². The Morgan fingerprint density at radius 3 is 2.06 bits per heavy atom. The largest absolute Gasteiger partial charge is 0.507 e. The fraction of sp³-hybridized carbons (Fsp3) is 0.448. The minimum absolute atomic E-state index is 0.0640. The number of hydrogen-bond acceptors (Lipinski definition) is 2. The third-order valence-electron chi connectivity index (χ3n) is 6.40. The average molecular weight is 419 g/mol. The Kier molecular flexibility index (Phi) is 6.69. The van der Waals surface area contributed by atoms with Crippen molar-refractivity contribution < 1.29 is 10.2 Å². The first-order valence-corrected chi connectivity index (χ1v) is 11.6. The molecule has 0 amide bonds. The van der Waals surface area contributed by atoms with Gasteiger partial charge in [-0.1, -0.05) is 77.1 Å². The zero-order chi connectivity index (χ0) is 22.9. The summed E-state index contributed by atoms with van der Waals surface area (Å²) in [6.45, 7) is 15.3. The van der Waals surface area contributed by atoms with Crippen molar-refractivity contribution in [1.29, 1.82) is 0 Å². The van der Waals surface area contributed by atoms with Gasteiger partial charge in [-0.2, -0.15) is 0 Å². The maximum atomic E-state index is 11.4. The number of rotatable bonds is 6. The fourth-order valence-corrected chi connectivity index (χ4v) is 5.14. The average Bonchev–Trinajstić information content (AvgIpc) is 2.70. The summed E-state index contributed by atoms with van der Waals surface area (Å²) in [6.07, 6.45) is 2.88. The van der Waals surface area contributed by atoms with Gasteiger partial charge in [0.1, 0.15) is 11.5 Å². The van der Waals surface area contributed by atoms with Crippen molar-refractivity contribution >= 4 is 10.8 Å². The molecule has 2 atom stereocenters. The van der Waals surface area contributed by atoms with E-state index in [9.17, 15) is 10.2 Å². The molecule has 0 bridgehead atoms. The van der Waals surface area contributed by atoms with Crippen molar-refractivity contribution in [2.75, 3.05) is 0 Å². The van der Waals surface area contributed by atoms with Gasteiger partial charge in [0.05, 0.1) is 0 Å². The highest BCUT2D eigenvalue weighted by Gasteiger charge is 2.27. The second-order valence-electron chi connectivity index (χ2n) is 10.5. The van der Waals surface area contributed by atoms with Crippen LogP contribution < -0.4 is 0 Å². The number of benzene rings is 3. The number of aryl methyl sites for hydroxylation is 3. The molecular weight excluding hydrogens is 380 g/mol. The zero-order valence-electron chi connectivity index (χ0n) is 20.2. The van der Waals surface area contributed by atoms with Crippen LogP contribution in [0.3, 0.4) is 0 Å². The van der Waals surface area contributed by atoms with Crippen LogP contribution in [0.5, 0.6) is 11.5 Å². The predicted octanol–water partition coefficient (Wildman–Crippen LogP) is 8.02. The number of hydrogen-bond donors (Lipinski definition) is 2. The summed E-state index contributed by atoms with van der Waals surface area (Å²) in [5.41, 5.74) is 5.35. The third-order valence-corrected chi connectivity index (χ3v) is 6.40. The molecule has 0 heterocycles. The quantitative estimate of drug-likeness (QED) is 0.425. The maximum Gasteiger partial charge on any atom is 0.127 e. The molecule has 0 saturated carbocycles. The lowest BCUT2D eigenvalue weighted by molar-refractivity contribution is 0.289. The third kappa shape index (κ3) is 5.06. The highest BCUT2D eigenvalue weighted by Crippen LogP contribution is 2.45. The fourth-order valence-electron chi connectivity index (χ4n) is 5.14. The molecule has 166 valence electrons. The van der Waals surface area contributed by atoms with Crippen LogP contribution in [-0.4, -0.2) is 10.2 Å². The first-order chi connectivity index (χ1) is 14.5.